The molecule has 2 rings (SSSR count). The minimum Gasteiger partial charge on any atom is -0.381 e. The first kappa shape index (κ1) is 16.3. The van der Waals surface area contributed by atoms with Gasteiger partial charge >= 0.3 is 0 Å². The Labute approximate surface area is 125 Å². The van der Waals surface area contributed by atoms with Gasteiger partial charge in [0.25, 0.3) is 0 Å². The minimum absolute atomic E-state index is 0.518. The van der Waals surface area contributed by atoms with E-state index in [4.69, 9.17) is 4.74 Å². The van der Waals surface area contributed by atoms with Crippen LogP contribution in [0.1, 0.15) is 53.4 Å². The summed E-state index contributed by atoms with van der Waals surface area (Å²) in [6.45, 7) is 13.2. The molecule has 1 heterocycles. The van der Waals surface area contributed by atoms with Gasteiger partial charge in [0.1, 0.15) is 0 Å². The molecule has 0 aromatic carbocycles. The summed E-state index contributed by atoms with van der Waals surface area (Å²) >= 11 is 0. The maximum Gasteiger partial charge on any atom is 0.0601 e. The summed E-state index contributed by atoms with van der Waals surface area (Å²) in [7, 11) is 1.85. The highest BCUT2D eigenvalue weighted by molar-refractivity contribution is 4.90. The van der Waals surface area contributed by atoms with Crippen molar-refractivity contribution in [1.29, 1.82) is 0 Å². The van der Waals surface area contributed by atoms with Gasteiger partial charge in [0.2, 0.25) is 0 Å². The Morgan fingerprint density at radius 2 is 1.70 bits per heavy atom. The molecule has 1 saturated carbocycles. The normalized spacial score (nSPS) is 29.4. The Kier molecular flexibility index (Phi) is 5.88. The van der Waals surface area contributed by atoms with Crippen molar-refractivity contribution in [2.75, 3.05) is 26.7 Å². The number of piperidine rings is 1. The summed E-state index contributed by atoms with van der Waals surface area (Å²) in [5, 5.41) is 0. The van der Waals surface area contributed by atoms with Crippen LogP contribution in [0.3, 0.4) is 0 Å². The van der Waals surface area contributed by atoms with Crippen LogP contribution in [-0.2, 0) is 4.74 Å². The molecule has 0 N–H and O–H groups in total. The van der Waals surface area contributed by atoms with E-state index in [9.17, 15) is 0 Å². The van der Waals surface area contributed by atoms with Gasteiger partial charge < -0.3 is 9.64 Å². The van der Waals surface area contributed by atoms with Crippen molar-refractivity contribution in [2.24, 2.45) is 5.92 Å². The van der Waals surface area contributed by atoms with E-state index in [-0.39, 0.29) is 0 Å². The SMILES string of the molecule is COC1CC(N(CC2CCN(C(C)C)CC2)C(C)C)C1. The second kappa shape index (κ2) is 7.24. The summed E-state index contributed by atoms with van der Waals surface area (Å²) in [5.41, 5.74) is 0. The van der Waals surface area contributed by atoms with E-state index in [1.165, 1.54) is 45.3 Å². The van der Waals surface area contributed by atoms with Crippen LogP contribution in [0.4, 0.5) is 0 Å². The van der Waals surface area contributed by atoms with E-state index in [1.807, 2.05) is 7.11 Å². The highest BCUT2D eigenvalue weighted by Crippen LogP contribution is 2.31. The highest BCUT2D eigenvalue weighted by Gasteiger charge is 2.36. The number of hydrogen-bond donors (Lipinski definition) is 0. The Balaban J connectivity index is 1.78. The first-order valence-electron chi connectivity index (χ1n) is 8.53. The quantitative estimate of drug-likeness (QED) is 0.745. The number of hydrogen-bond acceptors (Lipinski definition) is 3. The molecule has 1 aliphatic heterocycles. The lowest BCUT2D eigenvalue weighted by atomic mass is 9.85. The van der Waals surface area contributed by atoms with Crippen molar-refractivity contribution in [3.63, 3.8) is 0 Å². The molecule has 1 saturated heterocycles. The number of methoxy groups -OCH3 is 1. The lowest BCUT2D eigenvalue weighted by Gasteiger charge is -2.46. The molecule has 0 atom stereocenters. The van der Waals surface area contributed by atoms with Crippen molar-refractivity contribution in [2.45, 2.75) is 77.6 Å². The van der Waals surface area contributed by atoms with E-state index in [2.05, 4.69) is 37.5 Å². The molecule has 1 aliphatic carbocycles. The number of rotatable bonds is 6. The zero-order chi connectivity index (χ0) is 14.7. The van der Waals surface area contributed by atoms with Crippen molar-refractivity contribution in [3.8, 4) is 0 Å². The monoisotopic (exact) mass is 282 g/mol. The molecule has 0 aromatic heterocycles. The van der Waals surface area contributed by atoms with E-state index in [0.29, 0.717) is 18.2 Å². The van der Waals surface area contributed by atoms with Gasteiger partial charge in [0, 0.05) is 31.8 Å². The molecule has 3 heteroatoms. The lowest BCUT2D eigenvalue weighted by molar-refractivity contribution is -0.0445. The lowest BCUT2D eigenvalue weighted by Crippen LogP contribution is -2.53. The fourth-order valence-electron chi connectivity index (χ4n) is 3.73. The molecule has 0 bridgehead atoms. The smallest absolute Gasteiger partial charge is 0.0601 e. The van der Waals surface area contributed by atoms with Gasteiger partial charge in [0.05, 0.1) is 6.10 Å². The summed E-state index contributed by atoms with van der Waals surface area (Å²) in [6.07, 6.45) is 5.74. The zero-order valence-electron chi connectivity index (χ0n) is 14.1. The molecule has 0 amide bonds. The van der Waals surface area contributed by atoms with Crippen molar-refractivity contribution in [3.05, 3.63) is 0 Å². The van der Waals surface area contributed by atoms with Crippen LogP contribution in [0, 0.1) is 5.92 Å². The molecule has 0 aromatic rings. The van der Waals surface area contributed by atoms with Crippen LogP contribution in [-0.4, -0.2) is 60.8 Å². The van der Waals surface area contributed by atoms with E-state index < -0.39 is 0 Å². The Morgan fingerprint density at radius 1 is 1.10 bits per heavy atom. The molecule has 0 radical (unpaired) electrons. The Hall–Kier alpha value is -0.120. The summed E-state index contributed by atoms with van der Waals surface area (Å²) in [4.78, 5) is 5.37. The largest absolute Gasteiger partial charge is 0.381 e. The van der Waals surface area contributed by atoms with Gasteiger partial charge in [-0.05, 0) is 72.4 Å². The maximum absolute atomic E-state index is 5.44. The maximum atomic E-state index is 5.44. The van der Waals surface area contributed by atoms with Crippen LogP contribution >= 0.6 is 0 Å². The van der Waals surface area contributed by atoms with E-state index >= 15 is 0 Å². The van der Waals surface area contributed by atoms with Crippen molar-refractivity contribution < 1.29 is 4.74 Å². The second-order valence-electron chi connectivity index (χ2n) is 7.35. The molecular formula is C17H34N2O. The first-order valence-corrected chi connectivity index (χ1v) is 8.53. The molecule has 2 fully saturated rings. The van der Waals surface area contributed by atoms with Crippen molar-refractivity contribution in [1.82, 2.24) is 9.80 Å². The average molecular weight is 282 g/mol. The molecule has 0 spiro atoms. The predicted octanol–water partition coefficient (Wildman–Crippen LogP) is 2.99. The van der Waals surface area contributed by atoms with Gasteiger partial charge in [-0.25, -0.2) is 0 Å². The predicted molar refractivity (Wildman–Crippen MR) is 85.1 cm³/mol. The molecular weight excluding hydrogens is 248 g/mol. The second-order valence-corrected chi connectivity index (χ2v) is 7.35. The fraction of sp³-hybridized carbons (Fsp3) is 1.00. The number of likely N-dealkylation sites (tertiary alicyclic amines) is 1. The van der Waals surface area contributed by atoms with Crippen LogP contribution in [0.2, 0.25) is 0 Å². The van der Waals surface area contributed by atoms with Crippen LogP contribution < -0.4 is 0 Å². The molecule has 0 unspecified atom stereocenters. The van der Waals surface area contributed by atoms with Gasteiger partial charge in [0.15, 0.2) is 0 Å². The minimum atomic E-state index is 0.518. The standard InChI is InChI=1S/C17H34N2O/c1-13(2)18-8-6-15(7-9-18)12-19(14(3)4)16-10-17(11-16)20-5/h13-17H,6-12H2,1-5H3. The zero-order valence-corrected chi connectivity index (χ0v) is 14.1. The van der Waals surface area contributed by atoms with E-state index in [1.54, 1.807) is 0 Å². The topological polar surface area (TPSA) is 15.7 Å². The highest BCUT2D eigenvalue weighted by atomic mass is 16.5. The fourth-order valence-corrected chi connectivity index (χ4v) is 3.73. The molecule has 20 heavy (non-hydrogen) atoms. The number of nitrogens with zero attached hydrogens (tertiary/aromatic N) is 2. The van der Waals surface area contributed by atoms with Crippen LogP contribution in [0.15, 0.2) is 0 Å². The third-order valence-electron chi connectivity index (χ3n) is 5.38. The third kappa shape index (κ3) is 3.96. The van der Waals surface area contributed by atoms with Crippen molar-refractivity contribution >= 4 is 0 Å². The summed E-state index contributed by atoms with van der Waals surface area (Å²) in [6, 6.07) is 2.15. The molecule has 2 aliphatic rings. The summed E-state index contributed by atoms with van der Waals surface area (Å²) in [5.74, 6) is 0.897. The first-order chi connectivity index (χ1) is 9.51. The summed E-state index contributed by atoms with van der Waals surface area (Å²) < 4.78 is 5.44. The molecule has 118 valence electrons. The van der Waals surface area contributed by atoms with Crippen LogP contribution in [0.5, 0.6) is 0 Å². The van der Waals surface area contributed by atoms with Gasteiger partial charge in [-0.2, -0.15) is 0 Å². The third-order valence-corrected chi connectivity index (χ3v) is 5.38. The average Bonchev–Trinajstić information content (AvgIpc) is 2.36. The van der Waals surface area contributed by atoms with Gasteiger partial charge in [-0.3, -0.25) is 4.90 Å². The Morgan fingerprint density at radius 3 is 2.15 bits per heavy atom. The molecule has 3 nitrogen and oxygen atoms in total. The van der Waals surface area contributed by atoms with E-state index in [0.717, 1.165) is 12.0 Å². The number of ether oxygens (including phenoxy) is 1. The van der Waals surface area contributed by atoms with Crippen LogP contribution in [0.25, 0.3) is 0 Å². The van der Waals surface area contributed by atoms with Gasteiger partial charge in [-0.1, -0.05) is 0 Å². The van der Waals surface area contributed by atoms with Gasteiger partial charge in [-0.15, -0.1) is 0 Å². The Bertz CT molecular complexity index is 279.